The van der Waals surface area contributed by atoms with E-state index in [4.69, 9.17) is 9.84 Å². The average molecular weight is 207 g/mol. The predicted octanol–water partition coefficient (Wildman–Crippen LogP) is 1.51. The molecule has 0 bridgehead atoms. The first-order valence-electron chi connectivity index (χ1n) is 4.95. The van der Waals surface area contributed by atoms with Crippen LogP contribution in [0, 0.1) is 0 Å². The molecule has 80 valence electrons. The Balaban J connectivity index is 2.27. The Bertz CT molecular complexity index is 389. The van der Waals surface area contributed by atoms with Crippen LogP contribution in [0.5, 0.6) is 5.75 Å². The minimum atomic E-state index is -0.887. The summed E-state index contributed by atoms with van der Waals surface area (Å²) >= 11 is 0. The second kappa shape index (κ2) is 3.81. The highest BCUT2D eigenvalue weighted by Gasteiger charge is 2.24. The Morgan fingerprint density at radius 3 is 3.13 bits per heavy atom. The molecule has 0 spiro atoms. The first-order chi connectivity index (χ1) is 7.20. The van der Waals surface area contributed by atoms with Crippen LogP contribution in [-0.2, 0) is 11.2 Å². The smallest absolute Gasteiger partial charge is 0.329 e. The molecule has 1 unspecified atom stereocenters. The number of carboxylic acids is 1. The SMILES string of the molecule is CCc1ccc2c(c1)NC(C(=O)O)CO2. The van der Waals surface area contributed by atoms with Crippen LogP contribution in [-0.4, -0.2) is 23.7 Å². The van der Waals surface area contributed by atoms with Gasteiger partial charge in [-0.25, -0.2) is 4.79 Å². The molecule has 0 aliphatic carbocycles. The van der Waals surface area contributed by atoms with Crippen molar-refractivity contribution in [3.05, 3.63) is 23.8 Å². The summed E-state index contributed by atoms with van der Waals surface area (Å²) in [5, 5.41) is 11.8. The van der Waals surface area contributed by atoms with Crippen LogP contribution in [0.3, 0.4) is 0 Å². The van der Waals surface area contributed by atoms with Gasteiger partial charge in [0.05, 0.1) is 5.69 Å². The molecule has 2 N–H and O–H groups in total. The molecular formula is C11H13NO3. The van der Waals surface area contributed by atoms with Crippen LogP contribution >= 0.6 is 0 Å². The topological polar surface area (TPSA) is 58.6 Å². The summed E-state index contributed by atoms with van der Waals surface area (Å²) in [6, 6.07) is 5.15. The monoisotopic (exact) mass is 207 g/mol. The third-order valence-corrected chi connectivity index (χ3v) is 2.49. The van der Waals surface area contributed by atoms with Gasteiger partial charge >= 0.3 is 5.97 Å². The summed E-state index contributed by atoms with van der Waals surface area (Å²) in [4.78, 5) is 10.8. The fourth-order valence-electron chi connectivity index (χ4n) is 1.57. The molecule has 0 fully saturated rings. The normalized spacial score (nSPS) is 18.6. The molecule has 1 atom stereocenters. The summed E-state index contributed by atoms with van der Waals surface area (Å²) < 4.78 is 5.35. The van der Waals surface area contributed by atoms with Crippen LogP contribution in [0.2, 0.25) is 0 Å². The summed E-state index contributed by atoms with van der Waals surface area (Å²) in [5.74, 6) is -0.160. The van der Waals surface area contributed by atoms with Crippen LogP contribution in [0.25, 0.3) is 0 Å². The highest BCUT2D eigenvalue weighted by Crippen LogP contribution is 2.29. The van der Waals surface area contributed by atoms with Crippen molar-refractivity contribution in [3.8, 4) is 5.75 Å². The molecule has 1 aromatic carbocycles. The summed E-state index contributed by atoms with van der Waals surface area (Å²) in [6.45, 7) is 2.23. The lowest BCUT2D eigenvalue weighted by Gasteiger charge is -2.25. The number of fused-ring (bicyclic) bond motifs is 1. The lowest BCUT2D eigenvalue weighted by molar-refractivity contribution is -0.138. The lowest BCUT2D eigenvalue weighted by atomic mass is 10.1. The zero-order valence-corrected chi connectivity index (χ0v) is 8.49. The quantitative estimate of drug-likeness (QED) is 0.771. The van der Waals surface area contributed by atoms with Crippen LogP contribution in [0.4, 0.5) is 5.69 Å². The summed E-state index contributed by atoms with van der Waals surface area (Å²) in [5.41, 5.74) is 1.93. The predicted molar refractivity (Wildman–Crippen MR) is 56.4 cm³/mol. The van der Waals surface area contributed by atoms with E-state index >= 15 is 0 Å². The third-order valence-electron chi connectivity index (χ3n) is 2.49. The number of benzene rings is 1. The number of aryl methyl sites for hydroxylation is 1. The van der Waals surface area contributed by atoms with Crippen molar-refractivity contribution in [1.29, 1.82) is 0 Å². The maximum absolute atomic E-state index is 10.8. The van der Waals surface area contributed by atoms with Crippen LogP contribution in [0.15, 0.2) is 18.2 Å². The van der Waals surface area contributed by atoms with Gasteiger partial charge in [0.15, 0.2) is 6.04 Å². The minimum absolute atomic E-state index is 0.174. The summed E-state index contributed by atoms with van der Waals surface area (Å²) in [7, 11) is 0. The van der Waals surface area contributed by atoms with Crippen molar-refractivity contribution in [2.24, 2.45) is 0 Å². The van der Waals surface area contributed by atoms with Crippen molar-refractivity contribution in [2.75, 3.05) is 11.9 Å². The fraction of sp³-hybridized carbons (Fsp3) is 0.364. The molecule has 0 amide bonds. The van der Waals surface area contributed by atoms with Gasteiger partial charge < -0.3 is 15.2 Å². The van der Waals surface area contributed by atoms with E-state index in [0.717, 1.165) is 23.4 Å². The molecule has 4 nitrogen and oxygen atoms in total. The van der Waals surface area contributed by atoms with Crippen molar-refractivity contribution in [1.82, 2.24) is 0 Å². The Kier molecular flexibility index (Phi) is 2.49. The zero-order valence-electron chi connectivity index (χ0n) is 8.49. The molecule has 4 heteroatoms. The maximum atomic E-state index is 10.8. The second-order valence-electron chi connectivity index (χ2n) is 3.53. The van der Waals surface area contributed by atoms with E-state index in [9.17, 15) is 4.79 Å². The molecule has 0 aromatic heterocycles. The van der Waals surface area contributed by atoms with E-state index in [-0.39, 0.29) is 6.61 Å². The number of carboxylic acid groups (broad SMARTS) is 1. The first kappa shape index (κ1) is 9.83. The fourth-order valence-corrected chi connectivity index (χ4v) is 1.57. The van der Waals surface area contributed by atoms with Gasteiger partial charge in [-0.15, -0.1) is 0 Å². The van der Waals surface area contributed by atoms with E-state index in [2.05, 4.69) is 12.2 Å². The minimum Gasteiger partial charge on any atom is -0.489 e. The number of nitrogens with one attached hydrogen (secondary N) is 1. The van der Waals surface area contributed by atoms with Crippen molar-refractivity contribution < 1.29 is 14.6 Å². The highest BCUT2D eigenvalue weighted by molar-refractivity contribution is 5.79. The number of rotatable bonds is 2. The van der Waals surface area contributed by atoms with E-state index in [1.165, 1.54) is 0 Å². The Morgan fingerprint density at radius 1 is 1.67 bits per heavy atom. The Hall–Kier alpha value is -1.71. The van der Waals surface area contributed by atoms with E-state index in [1.807, 2.05) is 18.2 Å². The number of carbonyl (C=O) groups is 1. The van der Waals surface area contributed by atoms with Gasteiger partial charge in [0.2, 0.25) is 0 Å². The first-order valence-corrected chi connectivity index (χ1v) is 4.95. The largest absolute Gasteiger partial charge is 0.489 e. The molecule has 1 aliphatic rings. The molecular weight excluding hydrogens is 194 g/mol. The number of aliphatic carboxylic acids is 1. The van der Waals surface area contributed by atoms with Gasteiger partial charge in [0, 0.05) is 0 Å². The third kappa shape index (κ3) is 1.88. The Labute approximate surface area is 87.9 Å². The molecule has 2 rings (SSSR count). The van der Waals surface area contributed by atoms with Gasteiger partial charge in [0.25, 0.3) is 0 Å². The number of ether oxygens (including phenoxy) is 1. The molecule has 0 saturated carbocycles. The lowest BCUT2D eigenvalue weighted by Crippen LogP contribution is -2.38. The zero-order chi connectivity index (χ0) is 10.8. The van der Waals surface area contributed by atoms with Gasteiger partial charge in [-0.1, -0.05) is 13.0 Å². The number of hydrogen-bond donors (Lipinski definition) is 2. The van der Waals surface area contributed by atoms with Crippen molar-refractivity contribution in [3.63, 3.8) is 0 Å². The van der Waals surface area contributed by atoms with Crippen molar-refractivity contribution >= 4 is 11.7 Å². The van der Waals surface area contributed by atoms with E-state index in [0.29, 0.717) is 0 Å². The maximum Gasteiger partial charge on any atom is 0.329 e. The second-order valence-corrected chi connectivity index (χ2v) is 3.53. The van der Waals surface area contributed by atoms with Crippen molar-refractivity contribution in [2.45, 2.75) is 19.4 Å². The molecule has 1 heterocycles. The van der Waals surface area contributed by atoms with Crippen LogP contribution in [0.1, 0.15) is 12.5 Å². The van der Waals surface area contributed by atoms with E-state index < -0.39 is 12.0 Å². The van der Waals surface area contributed by atoms with E-state index in [1.54, 1.807) is 0 Å². The number of hydrogen-bond acceptors (Lipinski definition) is 3. The summed E-state index contributed by atoms with van der Waals surface area (Å²) in [6.07, 6.45) is 0.923. The molecule has 15 heavy (non-hydrogen) atoms. The molecule has 0 saturated heterocycles. The molecule has 0 radical (unpaired) electrons. The van der Waals surface area contributed by atoms with Gasteiger partial charge in [0.1, 0.15) is 12.4 Å². The molecule has 1 aromatic rings. The average Bonchev–Trinajstić information content (AvgIpc) is 2.27. The highest BCUT2D eigenvalue weighted by atomic mass is 16.5. The molecule has 1 aliphatic heterocycles. The van der Waals surface area contributed by atoms with Gasteiger partial charge in [-0.05, 0) is 24.1 Å². The van der Waals surface area contributed by atoms with Gasteiger partial charge in [-0.3, -0.25) is 0 Å². The van der Waals surface area contributed by atoms with Crippen LogP contribution < -0.4 is 10.1 Å². The number of anilines is 1. The Morgan fingerprint density at radius 2 is 2.47 bits per heavy atom. The standard InChI is InChI=1S/C11H13NO3/c1-2-7-3-4-10-8(5-7)12-9(6-15-10)11(13)14/h3-5,9,12H,2,6H2,1H3,(H,13,14). The van der Waals surface area contributed by atoms with Gasteiger partial charge in [-0.2, -0.15) is 0 Å².